The van der Waals surface area contributed by atoms with Crippen molar-refractivity contribution in [3.8, 4) is 11.1 Å². The molecule has 7 rings (SSSR count). The summed E-state index contributed by atoms with van der Waals surface area (Å²) in [6, 6.07) is 42.7. The summed E-state index contributed by atoms with van der Waals surface area (Å²) in [5, 5.41) is 11.0. The third kappa shape index (κ3) is 3.04. The van der Waals surface area contributed by atoms with Crippen LogP contribution in [-0.2, 0) is 0 Å². The van der Waals surface area contributed by atoms with E-state index in [1.165, 1.54) is 32.7 Å². The van der Waals surface area contributed by atoms with Crippen molar-refractivity contribution < 1.29 is 4.42 Å². The highest BCUT2D eigenvalue weighted by Crippen LogP contribution is 2.36. The molecule has 1 aromatic heterocycles. The van der Waals surface area contributed by atoms with E-state index in [1.807, 2.05) is 18.2 Å². The molecule has 0 saturated carbocycles. The van der Waals surface area contributed by atoms with E-state index in [4.69, 9.17) is 4.42 Å². The van der Waals surface area contributed by atoms with Crippen LogP contribution in [0.25, 0.3) is 54.6 Å². The predicted molar refractivity (Wildman–Crippen MR) is 144 cm³/mol. The quantitative estimate of drug-likeness (QED) is 0.280. The van der Waals surface area contributed by atoms with Crippen LogP contribution in [0.1, 0.15) is 0 Å². The lowest BCUT2D eigenvalue weighted by Gasteiger charge is -2.13. The molecule has 6 aromatic carbocycles. The van der Waals surface area contributed by atoms with Gasteiger partial charge in [-0.15, -0.1) is 0 Å². The second-order valence-electron chi connectivity index (χ2n) is 8.71. The van der Waals surface area contributed by atoms with E-state index in [1.54, 1.807) is 0 Å². The largest absolute Gasteiger partial charge is 0.456 e. The lowest BCUT2D eigenvalue weighted by atomic mass is 9.93. The minimum atomic E-state index is 0.906. The molecule has 2 heteroatoms. The Kier molecular flexibility index (Phi) is 4.18. The topological polar surface area (TPSA) is 25.2 Å². The van der Waals surface area contributed by atoms with Gasteiger partial charge in [-0.2, -0.15) is 0 Å². The van der Waals surface area contributed by atoms with Crippen LogP contribution in [0.2, 0.25) is 0 Å². The van der Waals surface area contributed by atoms with Crippen LogP contribution in [0.4, 0.5) is 11.4 Å². The highest BCUT2D eigenvalue weighted by molar-refractivity contribution is 6.14. The first-order valence-electron chi connectivity index (χ1n) is 11.5. The van der Waals surface area contributed by atoms with Gasteiger partial charge in [0.25, 0.3) is 0 Å². The summed E-state index contributed by atoms with van der Waals surface area (Å²) in [6.45, 7) is 0. The van der Waals surface area contributed by atoms with E-state index in [9.17, 15) is 0 Å². The van der Waals surface area contributed by atoms with E-state index in [2.05, 4.69) is 108 Å². The third-order valence-electron chi connectivity index (χ3n) is 6.61. The number of hydrogen-bond acceptors (Lipinski definition) is 2. The first-order valence-corrected chi connectivity index (χ1v) is 11.5. The molecule has 0 saturated heterocycles. The molecule has 160 valence electrons. The summed E-state index contributed by atoms with van der Waals surface area (Å²) in [6.07, 6.45) is 0. The van der Waals surface area contributed by atoms with Crippen LogP contribution < -0.4 is 5.32 Å². The molecule has 0 unspecified atom stereocenters. The van der Waals surface area contributed by atoms with Gasteiger partial charge in [-0.25, -0.2) is 0 Å². The number of rotatable bonds is 3. The fourth-order valence-electron chi connectivity index (χ4n) is 5.03. The Morgan fingerprint density at radius 3 is 2.06 bits per heavy atom. The molecule has 7 aromatic rings. The molecule has 34 heavy (non-hydrogen) atoms. The van der Waals surface area contributed by atoms with Crippen molar-refractivity contribution in [1.29, 1.82) is 0 Å². The van der Waals surface area contributed by atoms with Crippen molar-refractivity contribution >= 4 is 54.9 Å². The van der Waals surface area contributed by atoms with Crippen molar-refractivity contribution in [2.24, 2.45) is 0 Å². The Balaban J connectivity index is 1.33. The fraction of sp³-hybridized carbons (Fsp3) is 0. The van der Waals surface area contributed by atoms with Crippen molar-refractivity contribution in [2.45, 2.75) is 0 Å². The molecule has 2 nitrogen and oxygen atoms in total. The molecule has 0 amide bonds. The van der Waals surface area contributed by atoms with Crippen LogP contribution in [-0.4, -0.2) is 0 Å². The lowest BCUT2D eigenvalue weighted by Crippen LogP contribution is -1.91. The highest BCUT2D eigenvalue weighted by Gasteiger charge is 2.10. The van der Waals surface area contributed by atoms with Gasteiger partial charge < -0.3 is 9.73 Å². The van der Waals surface area contributed by atoms with E-state index < -0.39 is 0 Å². The van der Waals surface area contributed by atoms with Gasteiger partial charge in [0.2, 0.25) is 0 Å². The molecule has 0 aliphatic rings. The van der Waals surface area contributed by atoms with Crippen LogP contribution in [0.5, 0.6) is 0 Å². The van der Waals surface area contributed by atoms with E-state index in [0.29, 0.717) is 0 Å². The zero-order valence-electron chi connectivity index (χ0n) is 18.5. The number of nitrogens with one attached hydrogen (secondary N) is 1. The van der Waals surface area contributed by atoms with Gasteiger partial charge in [0.15, 0.2) is 0 Å². The Morgan fingerprint density at radius 1 is 0.441 bits per heavy atom. The maximum Gasteiger partial charge on any atom is 0.135 e. The second kappa shape index (κ2) is 7.50. The summed E-state index contributed by atoms with van der Waals surface area (Å²) in [4.78, 5) is 0. The summed E-state index contributed by atoms with van der Waals surface area (Å²) in [5.41, 5.74) is 6.36. The molecular formula is C32H21NO. The molecular weight excluding hydrogens is 414 g/mol. The molecule has 0 atom stereocenters. The summed E-state index contributed by atoms with van der Waals surface area (Å²) in [5.74, 6) is 0. The minimum absolute atomic E-state index is 0.906. The van der Waals surface area contributed by atoms with Gasteiger partial charge >= 0.3 is 0 Å². The average molecular weight is 436 g/mol. The number of para-hydroxylation sites is 1. The van der Waals surface area contributed by atoms with Gasteiger partial charge in [0.1, 0.15) is 11.2 Å². The molecule has 1 heterocycles. The maximum atomic E-state index is 5.98. The van der Waals surface area contributed by atoms with Crippen LogP contribution in [0.3, 0.4) is 0 Å². The first kappa shape index (κ1) is 19.0. The zero-order chi connectivity index (χ0) is 22.5. The number of benzene rings is 6. The van der Waals surface area contributed by atoms with Gasteiger partial charge in [-0.05, 0) is 75.1 Å². The van der Waals surface area contributed by atoms with Gasteiger partial charge in [0.05, 0.1) is 0 Å². The van der Waals surface area contributed by atoms with Gasteiger partial charge in [0, 0.05) is 22.1 Å². The SMILES string of the molecule is c1cc(Nc2ccc3oc4ccccc4c3c2)cc(-c2cc3ccccc3c3ccccc23)c1. The number of anilines is 2. The van der Waals surface area contributed by atoms with Crippen LogP contribution in [0, 0.1) is 0 Å². The molecule has 0 aliphatic carbocycles. The predicted octanol–water partition coefficient (Wildman–Crippen LogP) is 9.30. The van der Waals surface area contributed by atoms with Crippen molar-refractivity contribution in [3.63, 3.8) is 0 Å². The monoisotopic (exact) mass is 435 g/mol. The standard InChI is InChI=1S/C32H21NO/c1-2-11-25-22(8-1)19-29(27-13-4-3-12-26(25)27)21-9-7-10-23(18-21)33-24-16-17-32-30(20-24)28-14-5-6-15-31(28)34-32/h1-20,33H. The van der Waals surface area contributed by atoms with Gasteiger partial charge in [-0.3, -0.25) is 0 Å². The van der Waals surface area contributed by atoms with Gasteiger partial charge in [-0.1, -0.05) is 78.9 Å². The Labute approximate surface area is 197 Å². The second-order valence-corrected chi connectivity index (χ2v) is 8.71. The zero-order valence-corrected chi connectivity index (χ0v) is 18.5. The highest BCUT2D eigenvalue weighted by atomic mass is 16.3. The Hall–Kier alpha value is -4.56. The van der Waals surface area contributed by atoms with Crippen LogP contribution in [0.15, 0.2) is 126 Å². The maximum absolute atomic E-state index is 5.98. The summed E-state index contributed by atoms with van der Waals surface area (Å²) in [7, 11) is 0. The Morgan fingerprint density at radius 2 is 1.15 bits per heavy atom. The summed E-state index contributed by atoms with van der Waals surface area (Å²) < 4.78 is 5.98. The smallest absolute Gasteiger partial charge is 0.135 e. The van der Waals surface area contributed by atoms with Crippen LogP contribution >= 0.6 is 0 Å². The minimum Gasteiger partial charge on any atom is -0.456 e. The van der Waals surface area contributed by atoms with Crippen molar-refractivity contribution in [3.05, 3.63) is 121 Å². The van der Waals surface area contributed by atoms with Crippen molar-refractivity contribution in [2.75, 3.05) is 5.32 Å². The first-order chi connectivity index (χ1) is 16.8. The third-order valence-corrected chi connectivity index (χ3v) is 6.61. The number of fused-ring (bicyclic) bond motifs is 6. The molecule has 0 fully saturated rings. The number of hydrogen-bond donors (Lipinski definition) is 1. The van der Waals surface area contributed by atoms with Crippen molar-refractivity contribution in [1.82, 2.24) is 0 Å². The molecule has 1 N–H and O–H groups in total. The fourth-order valence-corrected chi connectivity index (χ4v) is 5.03. The lowest BCUT2D eigenvalue weighted by molar-refractivity contribution is 0.669. The molecule has 0 radical (unpaired) electrons. The normalized spacial score (nSPS) is 11.5. The number of furan rings is 1. The molecule has 0 bridgehead atoms. The molecule has 0 aliphatic heterocycles. The van der Waals surface area contributed by atoms with E-state index >= 15 is 0 Å². The molecule has 0 spiro atoms. The average Bonchev–Trinajstić information content (AvgIpc) is 3.26. The van der Waals surface area contributed by atoms with E-state index in [-0.39, 0.29) is 0 Å². The van der Waals surface area contributed by atoms with E-state index in [0.717, 1.165) is 33.3 Å². The summed E-state index contributed by atoms with van der Waals surface area (Å²) >= 11 is 0. The Bertz CT molecular complexity index is 1840.